The molecule has 0 aliphatic carbocycles. The Morgan fingerprint density at radius 1 is 1.25 bits per heavy atom. The first-order valence-electron chi connectivity index (χ1n) is 7.78. The van der Waals surface area contributed by atoms with Crippen LogP contribution < -0.4 is 4.74 Å². The van der Waals surface area contributed by atoms with Gasteiger partial charge >= 0.3 is 0 Å². The van der Waals surface area contributed by atoms with Gasteiger partial charge in [-0.2, -0.15) is 5.26 Å². The molecule has 0 saturated carbocycles. The van der Waals surface area contributed by atoms with Crippen LogP contribution in [0.1, 0.15) is 19.8 Å². The number of nitriles is 1. The second-order valence-corrected chi connectivity index (χ2v) is 7.02. The van der Waals surface area contributed by atoms with Gasteiger partial charge in [0.25, 0.3) is 0 Å². The molecule has 2 aromatic heterocycles. The first-order chi connectivity index (χ1) is 11.8. The molecule has 0 atom stereocenters. The quantitative estimate of drug-likeness (QED) is 0.333. The Bertz CT molecular complexity index is 853. The Labute approximate surface area is 149 Å². The van der Waals surface area contributed by atoms with Gasteiger partial charge < -0.3 is 4.74 Å². The van der Waals surface area contributed by atoms with Gasteiger partial charge in [0.05, 0.1) is 18.1 Å². The maximum absolute atomic E-state index is 8.66. The number of ether oxygens (including phenoxy) is 1. The summed E-state index contributed by atoms with van der Waals surface area (Å²) in [5.74, 6) is 1.77. The summed E-state index contributed by atoms with van der Waals surface area (Å²) in [6.45, 7) is 2.64. The van der Waals surface area contributed by atoms with E-state index in [1.807, 2.05) is 19.1 Å². The van der Waals surface area contributed by atoms with Crippen LogP contribution in [-0.2, 0) is 0 Å². The smallest absolute Gasteiger partial charge is 0.128 e. The van der Waals surface area contributed by atoms with Crippen molar-refractivity contribution in [3.8, 4) is 22.9 Å². The SMILES string of the molecule is CCOc1ccc(-c2csc3ncnc(SCCCC#N)c23)cc1. The van der Waals surface area contributed by atoms with E-state index >= 15 is 0 Å². The summed E-state index contributed by atoms with van der Waals surface area (Å²) >= 11 is 3.33. The van der Waals surface area contributed by atoms with E-state index in [1.54, 1.807) is 29.4 Å². The average molecular weight is 355 g/mol. The molecule has 3 rings (SSSR count). The van der Waals surface area contributed by atoms with Gasteiger partial charge in [-0.25, -0.2) is 9.97 Å². The maximum Gasteiger partial charge on any atom is 0.128 e. The molecule has 0 unspecified atom stereocenters. The van der Waals surface area contributed by atoms with Crippen LogP contribution >= 0.6 is 23.1 Å². The largest absolute Gasteiger partial charge is 0.494 e. The van der Waals surface area contributed by atoms with E-state index in [4.69, 9.17) is 10.00 Å². The van der Waals surface area contributed by atoms with Crippen molar-refractivity contribution in [2.45, 2.75) is 24.8 Å². The van der Waals surface area contributed by atoms with Crippen molar-refractivity contribution in [2.75, 3.05) is 12.4 Å². The second kappa shape index (κ2) is 8.13. The fourth-order valence-electron chi connectivity index (χ4n) is 2.39. The lowest BCUT2D eigenvalue weighted by atomic mass is 10.1. The number of hydrogen-bond donors (Lipinski definition) is 0. The summed E-state index contributed by atoms with van der Waals surface area (Å²) in [6.07, 6.45) is 3.07. The van der Waals surface area contributed by atoms with E-state index < -0.39 is 0 Å². The lowest BCUT2D eigenvalue weighted by Crippen LogP contribution is -1.91. The summed E-state index contributed by atoms with van der Waals surface area (Å²) in [5, 5.41) is 12.9. The van der Waals surface area contributed by atoms with Gasteiger partial charge in [-0.1, -0.05) is 12.1 Å². The number of fused-ring (bicyclic) bond motifs is 1. The fraction of sp³-hybridized carbons (Fsp3) is 0.278. The van der Waals surface area contributed by atoms with Gasteiger partial charge in [0.15, 0.2) is 0 Å². The number of thiophene rings is 1. The highest BCUT2D eigenvalue weighted by Gasteiger charge is 2.13. The highest BCUT2D eigenvalue weighted by atomic mass is 32.2. The molecule has 0 bridgehead atoms. The number of benzene rings is 1. The third kappa shape index (κ3) is 3.69. The van der Waals surface area contributed by atoms with Crippen molar-refractivity contribution in [1.82, 2.24) is 9.97 Å². The molecule has 0 aliphatic rings. The predicted octanol–water partition coefficient (Wildman–Crippen LogP) is 5.15. The minimum absolute atomic E-state index is 0.580. The molecule has 0 spiro atoms. The molecule has 6 heteroatoms. The van der Waals surface area contributed by atoms with Gasteiger partial charge in [0, 0.05) is 23.1 Å². The zero-order valence-corrected chi connectivity index (χ0v) is 15.0. The summed E-state index contributed by atoms with van der Waals surface area (Å²) < 4.78 is 5.51. The Morgan fingerprint density at radius 3 is 2.83 bits per heavy atom. The molecule has 0 amide bonds. The van der Waals surface area contributed by atoms with E-state index in [0.717, 1.165) is 44.3 Å². The molecular formula is C18H17N3OS2. The number of rotatable bonds is 7. The molecule has 3 aromatic rings. The van der Waals surface area contributed by atoms with Crippen LogP contribution in [0.15, 0.2) is 41.0 Å². The van der Waals surface area contributed by atoms with Crippen molar-refractivity contribution < 1.29 is 4.74 Å². The molecule has 2 heterocycles. The predicted molar refractivity (Wildman–Crippen MR) is 99.6 cm³/mol. The highest BCUT2D eigenvalue weighted by Crippen LogP contribution is 2.38. The number of thioether (sulfide) groups is 1. The molecule has 0 fully saturated rings. The Morgan fingerprint density at radius 2 is 2.08 bits per heavy atom. The average Bonchev–Trinajstić information content (AvgIpc) is 3.05. The van der Waals surface area contributed by atoms with Crippen LogP contribution in [0.3, 0.4) is 0 Å². The van der Waals surface area contributed by atoms with Crippen LogP contribution in [0.25, 0.3) is 21.3 Å². The van der Waals surface area contributed by atoms with Crippen molar-refractivity contribution in [3.05, 3.63) is 36.0 Å². The molecule has 24 heavy (non-hydrogen) atoms. The third-order valence-electron chi connectivity index (χ3n) is 3.48. The monoisotopic (exact) mass is 355 g/mol. The zero-order valence-electron chi connectivity index (χ0n) is 13.4. The van der Waals surface area contributed by atoms with E-state index in [0.29, 0.717) is 13.0 Å². The number of nitrogens with zero attached hydrogens (tertiary/aromatic N) is 3. The molecule has 4 nitrogen and oxygen atoms in total. The molecule has 122 valence electrons. The lowest BCUT2D eigenvalue weighted by Gasteiger charge is -2.06. The Balaban J connectivity index is 1.92. The Kier molecular flexibility index (Phi) is 5.68. The van der Waals surface area contributed by atoms with E-state index in [2.05, 4.69) is 33.5 Å². The van der Waals surface area contributed by atoms with Crippen molar-refractivity contribution in [1.29, 1.82) is 5.26 Å². The van der Waals surface area contributed by atoms with Crippen LogP contribution in [0, 0.1) is 11.3 Å². The van der Waals surface area contributed by atoms with Crippen molar-refractivity contribution in [3.63, 3.8) is 0 Å². The number of aromatic nitrogens is 2. The molecule has 0 radical (unpaired) electrons. The van der Waals surface area contributed by atoms with Gasteiger partial charge in [-0.15, -0.1) is 23.1 Å². The van der Waals surface area contributed by atoms with E-state index in [1.165, 1.54) is 0 Å². The summed E-state index contributed by atoms with van der Waals surface area (Å²) in [5.41, 5.74) is 2.29. The van der Waals surface area contributed by atoms with Gasteiger partial charge in [-0.3, -0.25) is 0 Å². The summed E-state index contributed by atoms with van der Waals surface area (Å²) in [4.78, 5) is 9.85. The number of unbranched alkanes of at least 4 members (excludes halogenated alkanes) is 1. The first kappa shape index (κ1) is 16.7. The van der Waals surface area contributed by atoms with Crippen LogP contribution in [0.5, 0.6) is 5.75 Å². The molecule has 0 aliphatic heterocycles. The highest BCUT2D eigenvalue weighted by molar-refractivity contribution is 7.99. The zero-order chi connectivity index (χ0) is 16.8. The summed E-state index contributed by atoms with van der Waals surface area (Å²) in [6, 6.07) is 10.3. The van der Waals surface area contributed by atoms with Gasteiger partial charge in [0.2, 0.25) is 0 Å². The fourth-order valence-corrected chi connectivity index (χ4v) is 4.32. The minimum atomic E-state index is 0.580. The van der Waals surface area contributed by atoms with E-state index in [9.17, 15) is 0 Å². The lowest BCUT2D eigenvalue weighted by molar-refractivity contribution is 0.340. The summed E-state index contributed by atoms with van der Waals surface area (Å²) in [7, 11) is 0. The van der Waals surface area contributed by atoms with Crippen molar-refractivity contribution in [2.24, 2.45) is 0 Å². The topological polar surface area (TPSA) is 58.8 Å². The van der Waals surface area contributed by atoms with E-state index in [-0.39, 0.29) is 0 Å². The second-order valence-electron chi connectivity index (χ2n) is 5.08. The molecule has 0 saturated heterocycles. The van der Waals surface area contributed by atoms with Crippen LogP contribution in [0.4, 0.5) is 0 Å². The van der Waals surface area contributed by atoms with Gasteiger partial charge in [0.1, 0.15) is 21.9 Å². The molecular weight excluding hydrogens is 338 g/mol. The minimum Gasteiger partial charge on any atom is -0.494 e. The normalized spacial score (nSPS) is 10.7. The third-order valence-corrected chi connectivity index (χ3v) is 5.45. The van der Waals surface area contributed by atoms with Crippen LogP contribution in [-0.4, -0.2) is 22.3 Å². The maximum atomic E-state index is 8.66. The Hall–Kier alpha value is -2.10. The van der Waals surface area contributed by atoms with Crippen molar-refractivity contribution >= 4 is 33.3 Å². The molecule has 0 N–H and O–H groups in total. The molecule has 1 aromatic carbocycles. The van der Waals surface area contributed by atoms with Crippen LogP contribution in [0.2, 0.25) is 0 Å². The van der Waals surface area contributed by atoms with Gasteiger partial charge in [-0.05, 0) is 31.0 Å². The first-order valence-corrected chi connectivity index (χ1v) is 9.65. The number of hydrogen-bond acceptors (Lipinski definition) is 6. The standard InChI is InChI=1S/C18H17N3OS2/c1-2-22-14-7-5-13(6-8-14)15-11-24-18-16(15)17(20-12-21-18)23-10-4-3-9-19/h5-8,11-12H,2-4,10H2,1H3.